The van der Waals surface area contributed by atoms with E-state index in [2.05, 4.69) is 26.7 Å². The molecule has 0 aromatic heterocycles. The predicted molar refractivity (Wildman–Crippen MR) is 42.2 cm³/mol. The van der Waals surface area contributed by atoms with Crippen molar-refractivity contribution >= 4 is 15.9 Å². The van der Waals surface area contributed by atoms with E-state index in [9.17, 15) is 0 Å². The van der Waals surface area contributed by atoms with Crippen LogP contribution in [0, 0.1) is 10.8 Å². The lowest BCUT2D eigenvalue weighted by Crippen LogP contribution is -1.67. The Hall–Kier alpha value is -0.740. The zero-order valence-corrected chi connectivity index (χ0v) is 6.35. The Morgan fingerprint density at radius 2 is 1.78 bits per heavy atom. The molecular weight excluding hydrogens is 172 g/mol. The third-order valence-electron chi connectivity index (χ3n) is 0.965. The van der Waals surface area contributed by atoms with Crippen LogP contribution in [0.15, 0.2) is 30.3 Å². The van der Waals surface area contributed by atoms with Crippen LogP contribution >= 0.6 is 15.9 Å². The van der Waals surface area contributed by atoms with Gasteiger partial charge in [-0.3, -0.25) is 0 Å². The van der Waals surface area contributed by atoms with Crippen molar-refractivity contribution in [1.29, 1.82) is 0 Å². The summed E-state index contributed by atoms with van der Waals surface area (Å²) in [6, 6.07) is 9.83. The lowest BCUT2D eigenvalue weighted by molar-refractivity contribution is 1.65. The molecule has 9 heavy (non-hydrogen) atoms. The molecule has 0 heterocycles. The second kappa shape index (κ2) is 3.32. The third kappa shape index (κ3) is 1.91. The second-order valence-corrected chi connectivity index (χ2v) is 1.98. The van der Waals surface area contributed by atoms with Gasteiger partial charge in [0.25, 0.3) is 0 Å². The molecule has 0 aliphatic carbocycles. The third-order valence-corrected chi connectivity index (χ3v) is 1.16. The Kier molecular flexibility index (Phi) is 2.35. The molecule has 0 atom stereocenters. The molecule has 0 fully saturated rings. The molecule has 0 saturated heterocycles. The zero-order chi connectivity index (χ0) is 6.53. The highest BCUT2D eigenvalue weighted by atomic mass is 75.9. The average Bonchev–Trinajstić information content (AvgIpc) is 1.91. The minimum atomic E-state index is 1.04. The Morgan fingerprint density at radius 3 is 2.33 bits per heavy atom. The summed E-state index contributed by atoms with van der Waals surface area (Å²) in [6.45, 7) is 0. The lowest BCUT2D eigenvalue weighted by atomic mass is 10.2. The maximum Gasteiger partial charge on any atom is 0.0254 e. The molecule has 0 aliphatic rings. The SMILES string of the molecule is [76Br]C#Cc1ccccc1. The van der Waals surface area contributed by atoms with Gasteiger partial charge in [0.05, 0.1) is 0 Å². The van der Waals surface area contributed by atoms with Gasteiger partial charge >= 0.3 is 0 Å². The van der Waals surface area contributed by atoms with Gasteiger partial charge in [0.2, 0.25) is 0 Å². The monoisotopic (exact) mass is 177 g/mol. The van der Waals surface area contributed by atoms with Crippen LogP contribution in [0.1, 0.15) is 5.56 Å². The van der Waals surface area contributed by atoms with Gasteiger partial charge in [-0.15, -0.1) is 0 Å². The summed E-state index contributed by atoms with van der Waals surface area (Å²) in [4.78, 5) is 2.65. The molecule has 1 aromatic carbocycles. The summed E-state index contributed by atoms with van der Waals surface area (Å²) in [5, 5.41) is 0. The summed E-state index contributed by atoms with van der Waals surface area (Å²) in [5.74, 6) is 2.87. The van der Waals surface area contributed by atoms with E-state index < -0.39 is 0 Å². The summed E-state index contributed by atoms with van der Waals surface area (Å²) in [5.41, 5.74) is 1.04. The highest BCUT2D eigenvalue weighted by molar-refractivity contribution is 9.12. The van der Waals surface area contributed by atoms with Gasteiger partial charge in [0.1, 0.15) is 0 Å². The normalized spacial score (nSPS) is 7.67. The van der Waals surface area contributed by atoms with Gasteiger partial charge in [0.15, 0.2) is 0 Å². The van der Waals surface area contributed by atoms with E-state index in [0.717, 1.165) is 5.56 Å². The fourth-order valence-electron chi connectivity index (χ4n) is 0.576. The standard InChI is InChI=1S/C8H5Br/c9-7-6-8-4-2-1-3-5-8/h1-5H/i9-4. The van der Waals surface area contributed by atoms with Gasteiger partial charge in [-0.2, -0.15) is 0 Å². The molecule has 0 spiro atoms. The van der Waals surface area contributed by atoms with E-state index in [0.29, 0.717) is 0 Å². The zero-order valence-electron chi connectivity index (χ0n) is 4.76. The van der Waals surface area contributed by atoms with Crippen molar-refractivity contribution in [2.24, 2.45) is 0 Å². The molecule has 0 amide bonds. The maximum atomic E-state index is 3.02. The first kappa shape index (κ1) is 6.38. The smallest absolute Gasteiger partial charge is 0.0254 e. The molecule has 0 nitrogen and oxygen atoms in total. The van der Waals surface area contributed by atoms with E-state index in [1.165, 1.54) is 0 Å². The molecule has 0 aliphatic heterocycles. The van der Waals surface area contributed by atoms with Crippen molar-refractivity contribution in [3.05, 3.63) is 35.9 Å². The lowest BCUT2D eigenvalue weighted by Gasteiger charge is -1.83. The number of hydrogen-bond acceptors (Lipinski definition) is 0. The predicted octanol–water partition coefficient (Wildman–Crippen LogP) is 2.39. The molecular formula is C8H5Br. The van der Waals surface area contributed by atoms with Crippen molar-refractivity contribution in [3.8, 4) is 10.8 Å². The van der Waals surface area contributed by atoms with Crippen LogP contribution < -0.4 is 0 Å². The summed E-state index contributed by atoms with van der Waals surface area (Å²) in [7, 11) is 0. The van der Waals surface area contributed by atoms with Crippen LogP contribution in [0.25, 0.3) is 0 Å². The molecule has 0 saturated carbocycles. The van der Waals surface area contributed by atoms with E-state index in [1.807, 2.05) is 30.3 Å². The van der Waals surface area contributed by atoms with Crippen LogP contribution in [-0.4, -0.2) is 0 Å². The summed E-state index contributed by atoms with van der Waals surface area (Å²) in [6.07, 6.45) is 0. The molecule has 0 bridgehead atoms. The van der Waals surface area contributed by atoms with Crippen LogP contribution in [0.2, 0.25) is 0 Å². The van der Waals surface area contributed by atoms with Gasteiger partial charge < -0.3 is 0 Å². The quantitative estimate of drug-likeness (QED) is 0.533. The molecule has 0 N–H and O–H groups in total. The van der Waals surface area contributed by atoms with Crippen molar-refractivity contribution in [2.75, 3.05) is 0 Å². The summed E-state index contributed by atoms with van der Waals surface area (Å²) >= 11 is 3.02. The Balaban J connectivity index is 2.94. The van der Waals surface area contributed by atoms with Gasteiger partial charge in [-0.05, 0) is 17.0 Å². The van der Waals surface area contributed by atoms with Crippen molar-refractivity contribution in [2.45, 2.75) is 0 Å². The van der Waals surface area contributed by atoms with Gasteiger partial charge in [0, 0.05) is 21.5 Å². The van der Waals surface area contributed by atoms with Crippen LogP contribution in [0.5, 0.6) is 0 Å². The fraction of sp³-hybridized carbons (Fsp3) is 0. The van der Waals surface area contributed by atoms with Crippen LogP contribution in [0.4, 0.5) is 0 Å². The van der Waals surface area contributed by atoms with Gasteiger partial charge in [-0.25, -0.2) is 0 Å². The maximum absolute atomic E-state index is 3.02. The molecule has 1 rings (SSSR count). The molecule has 44 valence electrons. The Morgan fingerprint density at radius 1 is 1.11 bits per heavy atom. The van der Waals surface area contributed by atoms with Crippen LogP contribution in [0.3, 0.4) is 0 Å². The first-order valence-corrected chi connectivity index (χ1v) is 3.39. The molecule has 0 radical (unpaired) electrons. The number of hydrogen-bond donors (Lipinski definition) is 0. The van der Waals surface area contributed by atoms with E-state index in [-0.39, 0.29) is 0 Å². The fourth-order valence-corrected chi connectivity index (χ4v) is 0.805. The van der Waals surface area contributed by atoms with Crippen molar-refractivity contribution in [1.82, 2.24) is 0 Å². The second-order valence-electron chi connectivity index (χ2n) is 1.59. The first-order valence-electron chi connectivity index (χ1n) is 2.60. The average molecular weight is 177 g/mol. The van der Waals surface area contributed by atoms with Crippen molar-refractivity contribution < 1.29 is 0 Å². The molecule has 0 unspecified atom stereocenters. The number of halogens is 1. The largest absolute Gasteiger partial charge is 0.0622 e. The topological polar surface area (TPSA) is 0 Å². The number of benzene rings is 1. The number of rotatable bonds is 0. The van der Waals surface area contributed by atoms with E-state index >= 15 is 0 Å². The van der Waals surface area contributed by atoms with E-state index in [4.69, 9.17) is 0 Å². The van der Waals surface area contributed by atoms with Gasteiger partial charge in [-0.1, -0.05) is 24.1 Å². The molecule has 1 aromatic rings. The summed E-state index contributed by atoms with van der Waals surface area (Å²) < 4.78 is 0. The highest BCUT2D eigenvalue weighted by Gasteiger charge is 1.77. The minimum absolute atomic E-state index is 1.04. The Labute approximate surface area is 63.0 Å². The molecule has 1 heteroatoms. The van der Waals surface area contributed by atoms with E-state index in [1.54, 1.807) is 0 Å². The first-order chi connectivity index (χ1) is 4.43. The Bertz CT molecular complexity index is 228. The van der Waals surface area contributed by atoms with Crippen molar-refractivity contribution in [3.63, 3.8) is 0 Å². The minimum Gasteiger partial charge on any atom is -0.0622 e. The van der Waals surface area contributed by atoms with Crippen LogP contribution in [-0.2, 0) is 0 Å². The highest BCUT2D eigenvalue weighted by Crippen LogP contribution is 1.94.